The first-order valence-electron chi connectivity index (χ1n) is 3.98. The van der Waals surface area contributed by atoms with Gasteiger partial charge in [0.15, 0.2) is 11.6 Å². The van der Waals surface area contributed by atoms with Gasteiger partial charge in [0.1, 0.15) is 6.61 Å². The summed E-state index contributed by atoms with van der Waals surface area (Å²) in [5, 5.41) is 0. The molecule has 0 aliphatic carbocycles. The van der Waals surface area contributed by atoms with Gasteiger partial charge in [-0.1, -0.05) is 24.3 Å². The zero-order valence-electron chi connectivity index (χ0n) is 7.11. The Kier molecular flexibility index (Phi) is 4.40. The third-order valence-corrected chi connectivity index (χ3v) is 1.65. The van der Waals surface area contributed by atoms with E-state index in [2.05, 4.69) is 12.6 Å². The number of thiol groups is 1. The van der Waals surface area contributed by atoms with Gasteiger partial charge in [0.05, 0.1) is 0 Å². The standard InChI is InChI=1S/C10H11FOS/c11-9-5-1-2-6-10(9)12-7-3-4-8-13/h1-6,13H,7-8H2. The van der Waals surface area contributed by atoms with Gasteiger partial charge in [0.25, 0.3) is 0 Å². The SMILES string of the molecule is Fc1ccccc1OCC=CCS. The maximum atomic E-state index is 12.9. The summed E-state index contributed by atoms with van der Waals surface area (Å²) in [5.41, 5.74) is 0. The molecule has 0 spiro atoms. The van der Waals surface area contributed by atoms with Crippen molar-refractivity contribution < 1.29 is 9.13 Å². The summed E-state index contributed by atoms with van der Waals surface area (Å²) in [6, 6.07) is 6.34. The van der Waals surface area contributed by atoms with Crippen molar-refractivity contribution >= 4 is 12.6 Å². The van der Waals surface area contributed by atoms with E-state index in [-0.39, 0.29) is 11.6 Å². The Morgan fingerprint density at radius 3 is 2.77 bits per heavy atom. The quantitative estimate of drug-likeness (QED) is 0.578. The lowest BCUT2D eigenvalue weighted by Crippen LogP contribution is -1.95. The average molecular weight is 198 g/mol. The van der Waals surface area contributed by atoms with Crippen molar-refractivity contribution in [3.8, 4) is 5.75 Å². The fourth-order valence-corrected chi connectivity index (χ4v) is 0.991. The molecule has 0 N–H and O–H groups in total. The Bertz CT molecular complexity index is 286. The minimum atomic E-state index is -0.332. The molecule has 1 rings (SSSR count). The van der Waals surface area contributed by atoms with Crippen LogP contribution in [0.1, 0.15) is 0 Å². The highest BCUT2D eigenvalue weighted by atomic mass is 32.1. The lowest BCUT2D eigenvalue weighted by atomic mass is 10.3. The number of hydrogen-bond acceptors (Lipinski definition) is 2. The van der Waals surface area contributed by atoms with Crippen molar-refractivity contribution in [1.82, 2.24) is 0 Å². The number of benzene rings is 1. The number of hydrogen-bond donors (Lipinski definition) is 1. The van der Waals surface area contributed by atoms with Crippen LogP contribution in [-0.4, -0.2) is 12.4 Å². The van der Waals surface area contributed by atoms with Gasteiger partial charge in [-0.3, -0.25) is 0 Å². The van der Waals surface area contributed by atoms with E-state index in [4.69, 9.17) is 4.74 Å². The molecule has 3 heteroatoms. The summed E-state index contributed by atoms with van der Waals surface area (Å²) in [7, 11) is 0. The predicted molar refractivity (Wildman–Crippen MR) is 54.9 cm³/mol. The van der Waals surface area contributed by atoms with E-state index in [1.54, 1.807) is 24.3 Å². The van der Waals surface area contributed by atoms with Crippen LogP contribution in [0.15, 0.2) is 36.4 Å². The first-order valence-corrected chi connectivity index (χ1v) is 4.61. The first kappa shape index (κ1) is 10.1. The highest BCUT2D eigenvalue weighted by Gasteiger charge is 1.98. The molecule has 0 saturated carbocycles. The molecule has 0 heterocycles. The fraction of sp³-hybridized carbons (Fsp3) is 0.200. The van der Waals surface area contributed by atoms with Crippen LogP contribution < -0.4 is 4.74 Å². The molecule has 1 aromatic carbocycles. The van der Waals surface area contributed by atoms with Crippen molar-refractivity contribution in [3.05, 3.63) is 42.2 Å². The minimum absolute atomic E-state index is 0.284. The molecule has 1 nitrogen and oxygen atoms in total. The van der Waals surface area contributed by atoms with Gasteiger partial charge in [-0.25, -0.2) is 4.39 Å². The molecule has 0 atom stereocenters. The Morgan fingerprint density at radius 2 is 2.08 bits per heavy atom. The molecule has 0 saturated heterocycles. The van der Waals surface area contributed by atoms with Crippen LogP contribution in [0, 0.1) is 5.82 Å². The van der Waals surface area contributed by atoms with Crippen molar-refractivity contribution in [2.24, 2.45) is 0 Å². The maximum Gasteiger partial charge on any atom is 0.165 e. The topological polar surface area (TPSA) is 9.23 Å². The molecule has 0 fully saturated rings. The van der Waals surface area contributed by atoms with Crippen LogP contribution in [-0.2, 0) is 0 Å². The lowest BCUT2D eigenvalue weighted by Gasteiger charge is -2.02. The monoisotopic (exact) mass is 198 g/mol. The Hall–Kier alpha value is -0.960. The summed E-state index contributed by atoms with van der Waals surface area (Å²) in [6.07, 6.45) is 3.66. The van der Waals surface area contributed by atoms with Crippen molar-refractivity contribution in [2.45, 2.75) is 0 Å². The van der Waals surface area contributed by atoms with Crippen LogP contribution in [0.5, 0.6) is 5.75 Å². The van der Waals surface area contributed by atoms with E-state index in [0.717, 1.165) is 0 Å². The lowest BCUT2D eigenvalue weighted by molar-refractivity contribution is 0.341. The van der Waals surface area contributed by atoms with E-state index >= 15 is 0 Å². The predicted octanol–water partition coefficient (Wildman–Crippen LogP) is 2.69. The molecule has 13 heavy (non-hydrogen) atoms. The molecular weight excluding hydrogens is 187 g/mol. The molecule has 1 aromatic rings. The molecule has 70 valence electrons. The third-order valence-electron chi connectivity index (χ3n) is 1.44. The number of para-hydroxylation sites is 1. The van der Waals surface area contributed by atoms with Gasteiger partial charge in [0.2, 0.25) is 0 Å². The van der Waals surface area contributed by atoms with Gasteiger partial charge in [-0.05, 0) is 12.1 Å². The Labute approximate surface area is 82.6 Å². The summed E-state index contributed by atoms with van der Waals surface area (Å²) in [5.74, 6) is 0.619. The highest BCUT2D eigenvalue weighted by Crippen LogP contribution is 2.14. The number of ether oxygens (including phenoxy) is 1. The van der Waals surface area contributed by atoms with E-state index in [0.29, 0.717) is 12.4 Å². The van der Waals surface area contributed by atoms with Gasteiger partial charge in [0, 0.05) is 5.75 Å². The van der Waals surface area contributed by atoms with Crippen molar-refractivity contribution in [2.75, 3.05) is 12.4 Å². The molecule has 0 amide bonds. The normalized spacial score (nSPS) is 10.6. The van der Waals surface area contributed by atoms with E-state index in [1.807, 2.05) is 6.08 Å². The summed E-state index contributed by atoms with van der Waals surface area (Å²) >= 11 is 3.98. The van der Waals surface area contributed by atoms with Gasteiger partial charge in [-0.15, -0.1) is 0 Å². The van der Waals surface area contributed by atoms with Gasteiger partial charge < -0.3 is 4.74 Å². The summed E-state index contributed by atoms with van der Waals surface area (Å²) in [6.45, 7) is 0.376. The Morgan fingerprint density at radius 1 is 1.31 bits per heavy atom. The van der Waals surface area contributed by atoms with Crippen LogP contribution in [0.3, 0.4) is 0 Å². The molecule has 0 aromatic heterocycles. The number of rotatable bonds is 4. The highest BCUT2D eigenvalue weighted by molar-refractivity contribution is 7.80. The number of halogens is 1. The van der Waals surface area contributed by atoms with Crippen molar-refractivity contribution in [1.29, 1.82) is 0 Å². The van der Waals surface area contributed by atoms with Gasteiger partial charge >= 0.3 is 0 Å². The second-order valence-corrected chi connectivity index (χ2v) is 2.76. The molecule has 0 unspecified atom stereocenters. The molecule has 0 aliphatic heterocycles. The van der Waals surface area contributed by atoms with Gasteiger partial charge in [-0.2, -0.15) is 12.6 Å². The zero-order valence-corrected chi connectivity index (χ0v) is 8.01. The smallest absolute Gasteiger partial charge is 0.165 e. The maximum absolute atomic E-state index is 12.9. The summed E-state index contributed by atoms with van der Waals surface area (Å²) in [4.78, 5) is 0. The molecule has 0 aliphatic rings. The third kappa shape index (κ3) is 3.51. The minimum Gasteiger partial charge on any atom is -0.486 e. The second-order valence-electron chi connectivity index (χ2n) is 2.40. The van der Waals surface area contributed by atoms with Crippen LogP contribution in [0.2, 0.25) is 0 Å². The Balaban J connectivity index is 2.45. The van der Waals surface area contributed by atoms with Crippen LogP contribution in [0.25, 0.3) is 0 Å². The largest absolute Gasteiger partial charge is 0.486 e. The second kappa shape index (κ2) is 5.65. The fourth-order valence-electron chi connectivity index (χ4n) is 0.842. The van der Waals surface area contributed by atoms with E-state index < -0.39 is 0 Å². The van der Waals surface area contributed by atoms with Crippen molar-refractivity contribution in [3.63, 3.8) is 0 Å². The van der Waals surface area contributed by atoms with Crippen LogP contribution >= 0.6 is 12.6 Å². The molecule has 0 bridgehead atoms. The average Bonchev–Trinajstić information content (AvgIpc) is 2.15. The first-order chi connectivity index (χ1) is 6.34. The van der Waals surface area contributed by atoms with E-state index in [1.165, 1.54) is 6.07 Å². The molecular formula is C10H11FOS. The van der Waals surface area contributed by atoms with Crippen LogP contribution in [0.4, 0.5) is 4.39 Å². The zero-order chi connectivity index (χ0) is 9.52. The summed E-state index contributed by atoms with van der Waals surface area (Å²) < 4.78 is 18.1. The molecule has 0 radical (unpaired) electrons. The van der Waals surface area contributed by atoms with E-state index in [9.17, 15) is 4.39 Å².